The van der Waals surface area contributed by atoms with Gasteiger partial charge in [-0.3, -0.25) is 0 Å². The summed E-state index contributed by atoms with van der Waals surface area (Å²) in [5, 5.41) is 2.92. The molecule has 0 radical (unpaired) electrons. The summed E-state index contributed by atoms with van der Waals surface area (Å²) >= 11 is 0. The van der Waals surface area contributed by atoms with Gasteiger partial charge in [-0.1, -0.05) is 6.07 Å². The minimum atomic E-state index is -2.91. The Balaban J connectivity index is 1.35. The quantitative estimate of drug-likeness (QED) is 0.823. The van der Waals surface area contributed by atoms with Crippen LogP contribution in [0.1, 0.15) is 30.4 Å². The Hall–Kier alpha value is -1.80. The number of methoxy groups -OCH3 is 1. The van der Waals surface area contributed by atoms with Gasteiger partial charge in [0.25, 0.3) is 0 Å². The second kappa shape index (κ2) is 7.55. The molecule has 0 bridgehead atoms. The van der Waals surface area contributed by atoms with Gasteiger partial charge in [-0.2, -0.15) is 0 Å². The first-order valence-corrected chi connectivity index (χ1v) is 11.8. The van der Waals surface area contributed by atoms with E-state index in [-0.39, 0.29) is 29.1 Å². The van der Waals surface area contributed by atoms with Gasteiger partial charge < -0.3 is 19.7 Å². The number of nitrogens with one attached hydrogen (secondary N) is 1. The molecule has 0 aliphatic carbocycles. The zero-order chi connectivity index (χ0) is 19.8. The zero-order valence-electron chi connectivity index (χ0n) is 16.3. The molecule has 7 nitrogen and oxygen atoms in total. The maximum absolute atomic E-state index is 12.5. The fourth-order valence-electron chi connectivity index (χ4n) is 4.64. The average Bonchev–Trinajstić information content (AvgIpc) is 3.05. The number of ether oxygens (including phenoxy) is 2. The molecule has 154 valence electrons. The number of fused-ring (bicyclic) bond motifs is 2. The molecular weight excluding hydrogens is 380 g/mol. The first kappa shape index (κ1) is 19.5. The van der Waals surface area contributed by atoms with Crippen LogP contribution >= 0.6 is 0 Å². The molecule has 1 aromatic rings. The fraction of sp³-hybridized carbons (Fsp3) is 0.650. The highest BCUT2D eigenvalue weighted by molar-refractivity contribution is 7.91. The van der Waals surface area contributed by atoms with Crippen LogP contribution in [0.15, 0.2) is 18.2 Å². The normalized spacial score (nSPS) is 25.3. The number of benzene rings is 1. The van der Waals surface area contributed by atoms with Crippen molar-refractivity contribution in [3.8, 4) is 5.75 Å². The lowest BCUT2D eigenvalue weighted by molar-refractivity contribution is -0.0926. The van der Waals surface area contributed by atoms with Gasteiger partial charge in [-0.05, 0) is 54.9 Å². The number of hydrogen-bond donors (Lipinski definition) is 1. The molecule has 1 aromatic carbocycles. The third-order valence-corrected chi connectivity index (χ3v) is 8.12. The van der Waals surface area contributed by atoms with E-state index in [2.05, 4.69) is 17.4 Å². The Bertz CT molecular complexity index is 846. The second-order valence-electron chi connectivity index (χ2n) is 8.06. The maximum atomic E-state index is 12.5. The molecule has 3 aliphatic rings. The summed E-state index contributed by atoms with van der Waals surface area (Å²) in [6.45, 7) is 2.36. The highest BCUT2D eigenvalue weighted by Crippen LogP contribution is 2.42. The van der Waals surface area contributed by atoms with Gasteiger partial charge in [-0.25, -0.2) is 13.2 Å². The predicted molar refractivity (Wildman–Crippen MR) is 105 cm³/mol. The molecule has 1 atom stereocenters. The van der Waals surface area contributed by atoms with Gasteiger partial charge in [0.15, 0.2) is 9.84 Å². The molecule has 1 N–H and O–H groups in total. The van der Waals surface area contributed by atoms with Crippen LogP contribution in [0, 0.1) is 5.92 Å². The summed E-state index contributed by atoms with van der Waals surface area (Å²) in [4.78, 5) is 14.3. The maximum Gasteiger partial charge on any atom is 0.317 e. The van der Waals surface area contributed by atoms with E-state index < -0.39 is 9.84 Å². The molecule has 3 aliphatic heterocycles. The number of urea groups is 1. The van der Waals surface area contributed by atoms with Gasteiger partial charge in [-0.15, -0.1) is 0 Å². The van der Waals surface area contributed by atoms with Crippen LogP contribution in [-0.4, -0.2) is 64.2 Å². The minimum Gasteiger partial charge on any atom is -0.497 e. The summed E-state index contributed by atoms with van der Waals surface area (Å²) < 4.78 is 34.7. The van der Waals surface area contributed by atoms with Crippen molar-refractivity contribution in [2.45, 2.75) is 31.3 Å². The van der Waals surface area contributed by atoms with E-state index in [0.717, 1.165) is 25.0 Å². The number of hydrogen-bond acceptors (Lipinski definition) is 5. The average molecular weight is 409 g/mol. The smallest absolute Gasteiger partial charge is 0.317 e. The lowest BCUT2D eigenvalue weighted by atomic mass is 9.79. The van der Waals surface area contributed by atoms with E-state index in [1.54, 1.807) is 7.11 Å². The van der Waals surface area contributed by atoms with E-state index in [0.29, 0.717) is 32.7 Å². The van der Waals surface area contributed by atoms with Crippen molar-refractivity contribution in [1.29, 1.82) is 0 Å². The van der Waals surface area contributed by atoms with Crippen molar-refractivity contribution < 1.29 is 22.7 Å². The van der Waals surface area contributed by atoms with Crippen LogP contribution in [0.4, 0.5) is 4.79 Å². The number of carbonyl (C=O) groups excluding carboxylic acids is 1. The van der Waals surface area contributed by atoms with Crippen LogP contribution in [0.2, 0.25) is 0 Å². The number of amides is 2. The lowest BCUT2D eigenvalue weighted by Gasteiger charge is -2.45. The molecule has 28 heavy (non-hydrogen) atoms. The third-order valence-electron chi connectivity index (χ3n) is 6.28. The molecule has 0 aromatic heterocycles. The number of carbonyl (C=O) groups is 1. The predicted octanol–water partition coefficient (Wildman–Crippen LogP) is 1.70. The Morgan fingerprint density at radius 2 is 2.14 bits per heavy atom. The van der Waals surface area contributed by atoms with Crippen LogP contribution in [0.5, 0.6) is 5.75 Å². The summed E-state index contributed by atoms with van der Waals surface area (Å²) in [5.41, 5.74) is 2.16. The van der Waals surface area contributed by atoms with Gasteiger partial charge >= 0.3 is 6.03 Å². The number of piperidine rings is 1. The number of sulfone groups is 1. The number of likely N-dealkylation sites (tertiary alicyclic amines) is 1. The zero-order valence-corrected chi connectivity index (χ0v) is 17.1. The van der Waals surface area contributed by atoms with E-state index in [1.165, 1.54) is 11.1 Å². The molecule has 0 saturated carbocycles. The summed E-state index contributed by atoms with van der Waals surface area (Å²) in [6, 6.07) is 6.06. The van der Waals surface area contributed by atoms with Crippen molar-refractivity contribution >= 4 is 15.9 Å². The topological polar surface area (TPSA) is 84.9 Å². The van der Waals surface area contributed by atoms with E-state index in [9.17, 15) is 13.2 Å². The Morgan fingerprint density at radius 3 is 2.82 bits per heavy atom. The van der Waals surface area contributed by atoms with Crippen LogP contribution < -0.4 is 10.1 Å². The van der Waals surface area contributed by atoms with Crippen molar-refractivity contribution in [3.05, 3.63) is 29.3 Å². The first-order valence-electron chi connectivity index (χ1n) is 9.95. The molecule has 2 amide bonds. The third kappa shape index (κ3) is 3.85. The number of rotatable bonds is 3. The molecule has 3 heterocycles. The molecule has 1 spiro atoms. The van der Waals surface area contributed by atoms with Gasteiger partial charge in [0.2, 0.25) is 0 Å². The SMILES string of the molecule is COc1ccc2c(c1)CCOC21CCN(C(=O)NCC2CCS(=O)(=O)C2)CC1. The fourth-order valence-corrected chi connectivity index (χ4v) is 6.51. The summed E-state index contributed by atoms with van der Waals surface area (Å²) in [7, 11) is -1.24. The van der Waals surface area contributed by atoms with E-state index in [4.69, 9.17) is 9.47 Å². The Morgan fingerprint density at radius 1 is 1.36 bits per heavy atom. The highest BCUT2D eigenvalue weighted by atomic mass is 32.2. The highest BCUT2D eigenvalue weighted by Gasteiger charge is 2.41. The Labute approximate surface area is 166 Å². The van der Waals surface area contributed by atoms with E-state index >= 15 is 0 Å². The largest absolute Gasteiger partial charge is 0.497 e. The molecule has 1 unspecified atom stereocenters. The lowest BCUT2D eigenvalue weighted by Crippen LogP contribution is -2.51. The van der Waals surface area contributed by atoms with Crippen LogP contribution in [0.25, 0.3) is 0 Å². The van der Waals surface area contributed by atoms with Gasteiger partial charge in [0.05, 0.1) is 30.8 Å². The van der Waals surface area contributed by atoms with Crippen molar-refractivity contribution in [3.63, 3.8) is 0 Å². The molecule has 2 fully saturated rings. The molecule has 2 saturated heterocycles. The van der Waals surface area contributed by atoms with Crippen molar-refractivity contribution in [2.75, 3.05) is 44.9 Å². The van der Waals surface area contributed by atoms with Crippen molar-refractivity contribution in [1.82, 2.24) is 10.2 Å². The standard InChI is InChI=1S/C20H28N2O5S/c1-26-17-2-3-18-16(12-17)4-10-27-20(18)6-8-22(9-7-20)19(23)21-13-15-5-11-28(24,25)14-15/h2-3,12,15H,4-11,13-14H2,1H3,(H,21,23). The first-order chi connectivity index (χ1) is 13.4. The van der Waals surface area contributed by atoms with Gasteiger partial charge in [0.1, 0.15) is 5.75 Å². The summed E-state index contributed by atoms with van der Waals surface area (Å²) in [5.74, 6) is 1.32. The monoisotopic (exact) mass is 408 g/mol. The number of nitrogens with zero attached hydrogens (tertiary/aromatic N) is 1. The van der Waals surface area contributed by atoms with Crippen LogP contribution in [0.3, 0.4) is 0 Å². The molecule has 4 rings (SSSR count). The molecular formula is C20H28N2O5S. The van der Waals surface area contributed by atoms with E-state index in [1.807, 2.05) is 11.0 Å². The molecule has 8 heteroatoms. The Kier molecular flexibility index (Phi) is 5.26. The summed E-state index contributed by atoms with van der Waals surface area (Å²) in [6.07, 6.45) is 3.04. The van der Waals surface area contributed by atoms with Gasteiger partial charge in [0, 0.05) is 19.6 Å². The second-order valence-corrected chi connectivity index (χ2v) is 10.3. The van der Waals surface area contributed by atoms with Crippen molar-refractivity contribution in [2.24, 2.45) is 5.92 Å². The van der Waals surface area contributed by atoms with Crippen LogP contribution in [-0.2, 0) is 26.6 Å². The minimum absolute atomic E-state index is 0.0358.